The molecule has 0 spiro atoms. The number of halogens is 15. The zero-order valence-electron chi connectivity index (χ0n) is 20.9. The Bertz CT molecular complexity index is 1620. The van der Waals surface area contributed by atoms with Crippen LogP contribution in [0, 0.1) is 11.8 Å². The van der Waals surface area contributed by atoms with E-state index in [1.165, 1.54) is 5.32 Å². The highest BCUT2D eigenvalue weighted by molar-refractivity contribution is 9.10. The molecule has 0 fully saturated rings. The van der Waals surface area contributed by atoms with Crippen LogP contribution in [0.1, 0.15) is 31.8 Å². The molecule has 0 aliphatic carbocycles. The predicted octanol–water partition coefficient (Wildman–Crippen LogP) is 8.35. The maximum absolute atomic E-state index is 15.2. The van der Waals surface area contributed by atoms with Crippen LogP contribution in [-0.4, -0.2) is 40.3 Å². The molecule has 0 saturated heterocycles. The summed E-state index contributed by atoms with van der Waals surface area (Å²) in [5.74, 6) is -13.5. The van der Waals surface area contributed by atoms with Gasteiger partial charge in [-0.05, 0) is 52.3 Å². The Morgan fingerprint density at radius 3 is 1.93 bits per heavy atom. The van der Waals surface area contributed by atoms with Gasteiger partial charge in [0.2, 0.25) is 5.95 Å². The topological polar surface area (TPSA) is 82.5 Å². The number of rotatable bonds is 6. The molecule has 2 aromatic carbocycles. The Labute approximate surface area is 248 Å². The molecular formula is C24H10BrF14N3O3. The van der Waals surface area contributed by atoms with Gasteiger partial charge < -0.3 is 5.32 Å². The maximum Gasteiger partial charge on any atom is 0.457 e. The Hall–Kier alpha value is -4.01. The van der Waals surface area contributed by atoms with Crippen LogP contribution in [0.3, 0.4) is 0 Å². The summed E-state index contributed by atoms with van der Waals surface area (Å²) < 4.78 is 190. The van der Waals surface area contributed by atoms with Gasteiger partial charge in [0.05, 0.1) is 22.4 Å². The summed E-state index contributed by atoms with van der Waals surface area (Å²) in [5, 5.41) is 11.1. The van der Waals surface area contributed by atoms with Crippen LogP contribution in [-0.2, 0) is 11.8 Å². The van der Waals surface area contributed by atoms with Gasteiger partial charge in [0, 0.05) is 16.2 Å². The second-order valence-corrected chi connectivity index (χ2v) is 9.54. The highest BCUT2D eigenvalue weighted by atomic mass is 79.9. The minimum Gasteiger partial charge on any atom is -0.320 e. The third-order valence-electron chi connectivity index (χ3n) is 5.83. The van der Waals surface area contributed by atoms with Crippen LogP contribution in [0.15, 0.2) is 53.1 Å². The van der Waals surface area contributed by atoms with Crippen molar-refractivity contribution >= 4 is 39.1 Å². The van der Waals surface area contributed by atoms with Gasteiger partial charge in [-0.3, -0.25) is 14.8 Å². The summed E-state index contributed by atoms with van der Waals surface area (Å²) in [7, 11) is 0. The van der Waals surface area contributed by atoms with Gasteiger partial charge in [-0.1, -0.05) is 6.07 Å². The van der Waals surface area contributed by atoms with Crippen molar-refractivity contribution < 1.29 is 76.3 Å². The summed E-state index contributed by atoms with van der Waals surface area (Å²) in [4.78, 5) is 28.3. The molecular weight excluding hydrogens is 724 g/mol. The number of hydrogen-bond acceptors (Lipinski definition) is 4. The van der Waals surface area contributed by atoms with E-state index >= 15 is 4.39 Å². The van der Waals surface area contributed by atoms with Gasteiger partial charge >= 0.3 is 30.1 Å². The largest absolute Gasteiger partial charge is 0.457 e. The second kappa shape index (κ2) is 11.7. The van der Waals surface area contributed by atoms with E-state index < -0.39 is 109 Å². The lowest BCUT2D eigenvalue weighted by molar-refractivity contribution is -0.389. The maximum atomic E-state index is 15.2. The molecule has 3 aromatic rings. The molecule has 244 valence electrons. The molecule has 1 aromatic heterocycles. The van der Waals surface area contributed by atoms with Crippen molar-refractivity contribution in [3.63, 3.8) is 0 Å². The lowest BCUT2D eigenvalue weighted by Crippen LogP contribution is -2.59. The van der Waals surface area contributed by atoms with Gasteiger partial charge in [-0.2, -0.15) is 57.7 Å². The van der Waals surface area contributed by atoms with Crippen molar-refractivity contribution in [3.05, 3.63) is 87.2 Å². The number of amides is 2. The molecule has 0 radical (unpaired) electrons. The molecule has 0 bridgehead atoms. The van der Waals surface area contributed by atoms with E-state index in [4.69, 9.17) is 0 Å². The van der Waals surface area contributed by atoms with E-state index in [-0.39, 0.29) is 0 Å². The molecule has 2 amide bonds. The molecule has 1 unspecified atom stereocenters. The number of aromatic nitrogens is 1. The number of hydroxylamine groups is 1. The molecule has 1 heterocycles. The number of nitrogens with one attached hydrogen (secondary N) is 1. The van der Waals surface area contributed by atoms with Crippen LogP contribution >= 0.6 is 15.9 Å². The number of alkyl halides is 12. The molecule has 6 nitrogen and oxygen atoms in total. The van der Waals surface area contributed by atoms with E-state index in [9.17, 15) is 71.9 Å². The van der Waals surface area contributed by atoms with Crippen LogP contribution < -0.4 is 10.4 Å². The minimum atomic E-state index is -7.33. The summed E-state index contributed by atoms with van der Waals surface area (Å²) >= 11 is 2.18. The highest BCUT2D eigenvalue weighted by Gasteiger charge is 2.82. The fourth-order valence-corrected chi connectivity index (χ4v) is 4.21. The molecule has 0 aliphatic rings. The fourth-order valence-electron chi connectivity index (χ4n) is 3.65. The van der Waals surface area contributed by atoms with Gasteiger partial charge in [0.25, 0.3) is 11.8 Å². The van der Waals surface area contributed by atoms with Gasteiger partial charge in [0.1, 0.15) is 5.69 Å². The van der Waals surface area contributed by atoms with E-state index in [1.54, 1.807) is 0 Å². The SMILES string of the molecule is O=C(Nc1c(Br)cc(C(F)(C(F)(F)F)C(F)(F)C(F)(F)F)cc1C(F)(F)F)c1cccc(N(O)C(=O)c2ccc(F)nc2)c1F. The number of hydrogen-bond donors (Lipinski definition) is 2. The lowest BCUT2D eigenvalue weighted by Gasteiger charge is -2.36. The van der Waals surface area contributed by atoms with Crippen molar-refractivity contribution in [2.24, 2.45) is 0 Å². The summed E-state index contributed by atoms with van der Waals surface area (Å²) in [6.45, 7) is 0. The monoisotopic (exact) mass is 733 g/mol. The smallest absolute Gasteiger partial charge is 0.320 e. The second-order valence-electron chi connectivity index (χ2n) is 8.69. The standard InChI is InChI=1S/C24H10BrF14N3O3/c25-13-7-10(20(28,23(34,35)36)22(32,33)24(37,38)39)6-12(21(29,30)31)17(13)41-18(43)11-2-1-3-14(16(11)27)42(45)19(44)9-4-5-15(26)40-8-9/h1-8,45H,(H,41,43). The van der Waals surface area contributed by atoms with E-state index in [0.29, 0.717) is 24.4 Å². The van der Waals surface area contributed by atoms with E-state index in [2.05, 4.69) is 20.9 Å². The summed E-state index contributed by atoms with van der Waals surface area (Å²) in [6, 6.07) is 1.90. The van der Waals surface area contributed by atoms with Gasteiger partial charge in [-0.25, -0.2) is 13.8 Å². The van der Waals surface area contributed by atoms with Crippen molar-refractivity contribution in [2.75, 3.05) is 10.4 Å². The van der Waals surface area contributed by atoms with E-state index in [1.807, 2.05) is 0 Å². The molecule has 45 heavy (non-hydrogen) atoms. The first-order valence-corrected chi connectivity index (χ1v) is 12.0. The van der Waals surface area contributed by atoms with Crippen molar-refractivity contribution in [1.82, 2.24) is 4.98 Å². The lowest BCUT2D eigenvalue weighted by atomic mass is 9.86. The van der Waals surface area contributed by atoms with Crippen molar-refractivity contribution in [3.8, 4) is 0 Å². The average molecular weight is 734 g/mol. The van der Waals surface area contributed by atoms with Crippen molar-refractivity contribution in [1.29, 1.82) is 0 Å². The van der Waals surface area contributed by atoms with Crippen molar-refractivity contribution in [2.45, 2.75) is 30.1 Å². The van der Waals surface area contributed by atoms with E-state index in [0.717, 1.165) is 12.1 Å². The molecule has 21 heteroatoms. The highest BCUT2D eigenvalue weighted by Crippen LogP contribution is 2.59. The Morgan fingerprint density at radius 1 is 0.844 bits per heavy atom. The van der Waals surface area contributed by atoms with Crippen LogP contribution in [0.2, 0.25) is 0 Å². The summed E-state index contributed by atoms with van der Waals surface area (Å²) in [5.41, 5.74) is -16.8. The number of benzene rings is 2. The predicted molar refractivity (Wildman–Crippen MR) is 126 cm³/mol. The third-order valence-corrected chi connectivity index (χ3v) is 6.45. The zero-order chi connectivity index (χ0) is 34.5. The van der Waals surface area contributed by atoms with Crippen LogP contribution in [0.4, 0.5) is 72.8 Å². The molecule has 3 rings (SSSR count). The summed E-state index contributed by atoms with van der Waals surface area (Å²) in [6.07, 6.45) is -19.8. The Balaban J connectivity index is 2.12. The molecule has 2 N–H and O–H groups in total. The minimum absolute atomic E-state index is 0.411. The quantitative estimate of drug-likeness (QED) is 0.116. The molecule has 1 atom stereocenters. The van der Waals surface area contributed by atoms with Crippen LogP contribution in [0.25, 0.3) is 0 Å². The Kier molecular flexibility index (Phi) is 9.25. The number of anilines is 2. The number of carbonyl (C=O) groups is 2. The van der Waals surface area contributed by atoms with Crippen LogP contribution in [0.5, 0.6) is 0 Å². The molecule has 0 aliphatic heterocycles. The first kappa shape index (κ1) is 35.5. The number of nitrogens with zero attached hydrogens (tertiary/aromatic N) is 2. The first-order chi connectivity index (χ1) is 20.4. The average Bonchev–Trinajstić information content (AvgIpc) is 2.91. The molecule has 0 saturated carbocycles. The zero-order valence-corrected chi connectivity index (χ0v) is 22.5. The number of carbonyl (C=O) groups excluding carboxylic acids is 2. The normalized spacial score (nSPS) is 14.1. The fraction of sp³-hybridized carbons (Fsp3) is 0.208. The van der Waals surface area contributed by atoms with Gasteiger partial charge in [0.15, 0.2) is 5.82 Å². The van der Waals surface area contributed by atoms with Gasteiger partial charge in [-0.15, -0.1) is 0 Å². The Morgan fingerprint density at radius 2 is 1.44 bits per heavy atom. The first-order valence-electron chi connectivity index (χ1n) is 11.2. The number of pyridine rings is 1. The third kappa shape index (κ3) is 6.40.